The lowest BCUT2D eigenvalue weighted by atomic mass is 9.37. The van der Waals surface area contributed by atoms with Gasteiger partial charge in [-0.1, -0.05) is 195 Å². The largest absolute Gasteiger partial charge is 0.310 e. The molecule has 9 aromatic carbocycles. The number of aryl methyl sites for hydroxylation is 3. The second kappa shape index (κ2) is 15.4. The Morgan fingerprint density at radius 2 is 1.10 bits per heavy atom. The third-order valence-corrected chi connectivity index (χ3v) is 19.0. The zero-order valence-corrected chi connectivity index (χ0v) is 41.1. The molecule has 0 saturated heterocycles. The van der Waals surface area contributed by atoms with Crippen molar-refractivity contribution in [2.45, 2.75) is 82.5 Å². The van der Waals surface area contributed by atoms with Crippen LogP contribution in [0.3, 0.4) is 0 Å². The van der Waals surface area contributed by atoms with Gasteiger partial charge in [0, 0.05) is 16.8 Å². The normalized spacial score (nSPS) is 23.3. The highest BCUT2D eigenvalue weighted by molar-refractivity contribution is 5.99. The average molecular weight is 914 g/mol. The third-order valence-electron chi connectivity index (χ3n) is 19.0. The fourth-order valence-corrected chi connectivity index (χ4v) is 16.0. The number of benzene rings is 9. The van der Waals surface area contributed by atoms with Gasteiger partial charge in [0.1, 0.15) is 0 Å². The first-order chi connectivity index (χ1) is 34.9. The van der Waals surface area contributed by atoms with Crippen LogP contribution in [0.2, 0.25) is 0 Å². The Morgan fingerprint density at radius 1 is 0.479 bits per heavy atom. The minimum absolute atomic E-state index is 0.442. The summed E-state index contributed by atoms with van der Waals surface area (Å²) in [6, 6.07) is 78.1. The lowest BCUT2D eigenvalue weighted by molar-refractivity contribution is -0.144. The molecule has 0 radical (unpaired) electrons. The molecule has 0 N–H and O–H groups in total. The molecular formula is C70H59N. The Labute approximate surface area is 419 Å². The zero-order chi connectivity index (χ0) is 47.2. The van der Waals surface area contributed by atoms with E-state index >= 15 is 0 Å². The monoisotopic (exact) mass is 913 g/mol. The molecule has 6 aliphatic carbocycles. The number of anilines is 3. The average Bonchev–Trinajstić information content (AvgIpc) is 3.88. The predicted molar refractivity (Wildman–Crippen MR) is 294 cm³/mol. The topological polar surface area (TPSA) is 3.24 Å². The van der Waals surface area contributed by atoms with Gasteiger partial charge < -0.3 is 4.90 Å². The Kier molecular flexibility index (Phi) is 9.01. The van der Waals surface area contributed by atoms with Gasteiger partial charge >= 0.3 is 0 Å². The van der Waals surface area contributed by atoms with Crippen LogP contribution in [0.25, 0.3) is 44.5 Å². The van der Waals surface area contributed by atoms with Crippen molar-refractivity contribution in [2.24, 2.45) is 17.3 Å². The molecule has 6 atom stereocenters. The molecule has 9 aromatic rings. The van der Waals surface area contributed by atoms with Crippen molar-refractivity contribution in [3.05, 3.63) is 256 Å². The van der Waals surface area contributed by atoms with E-state index in [9.17, 15) is 0 Å². The smallest absolute Gasteiger partial charge is 0.0739 e. The predicted octanol–water partition coefficient (Wildman–Crippen LogP) is 18.1. The minimum atomic E-state index is -0.557. The second-order valence-electron chi connectivity index (χ2n) is 22.5. The molecule has 15 rings (SSSR count). The van der Waals surface area contributed by atoms with Gasteiger partial charge in [-0.25, -0.2) is 0 Å². The van der Waals surface area contributed by atoms with Crippen LogP contribution < -0.4 is 4.90 Å². The van der Waals surface area contributed by atoms with Gasteiger partial charge in [0.05, 0.1) is 16.8 Å². The van der Waals surface area contributed by atoms with E-state index in [0.717, 1.165) is 24.7 Å². The van der Waals surface area contributed by atoms with Crippen LogP contribution in [-0.4, -0.2) is 0 Å². The van der Waals surface area contributed by atoms with Gasteiger partial charge in [0.15, 0.2) is 0 Å². The Morgan fingerprint density at radius 3 is 1.87 bits per heavy atom. The fourth-order valence-electron chi connectivity index (χ4n) is 16.0. The standard InChI is InChI=1S/C70H59N/c1-43(2)47-32-36-62-49(38-47)29-28-48-37-44(3)27-35-61(48)70(62)63-24-12-11-20-58(63)60-23-14-26-66(68(60)70)71(53-33-30-46(31-34-53)55-18-8-7-17-54(55)45-15-5-4-6-16-45)65-25-13-22-56-50-39-51-40-52-41-64(69(51,52)42-50)57-19-9-10-21-59(57)67(56)65/h4-27,30-38,43,50-52,64H,28-29,39-42H2,1-3H3. The van der Waals surface area contributed by atoms with Gasteiger partial charge in [0.25, 0.3) is 0 Å². The quantitative estimate of drug-likeness (QED) is 0.161. The lowest BCUT2D eigenvalue weighted by Gasteiger charge is -2.67. The van der Waals surface area contributed by atoms with Crippen molar-refractivity contribution in [3.8, 4) is 44.5 Å². The van der Waals surface area contributed by atoms with E-state index in [2.05, 4.69) is 226 Å². The summed E-state index contributed by atoms with van der Waals surface area (Å²) in [7, 11) is 0. The van der Waals surface area contributed by atoms with E-state index in [1.807, 2.05) is 0 Å². The SMILES string of the molecule is Cc1ccc2c(c1)CCc1cc(C(C)C)ccc1C21c2ccccc2-c2cccc(N(c3ccc(-c4ccccc4-c4ccccc4)cc3)c3cccc4c3-c3ccccc3C3CC5CC6CC4CC653)c21. The van der Waals surface area contributed by atoms with Crippen LogP contribution in [0.15, 0.2) is 200 Å². The highest BCUT2D eigenvalue weighted by atomic mass is 15.2. The maximum absolute atomic E-state index is 2.72. The number of hydrogen-bond donors (Lipinski definition) is 0. The molecule has 1 heteroatoms. The summed E-state index contributed by atoms with van der Waals surface area (Å²) in [5.74, 6) is 3.39. The molecule has 3 saturated carbocycles. The van der Waals surface area contributed by atoms with Crippen molar-refractivity contribution < 1.29 is 0 Å². The molecular weight excluding hydrogens is 855 g/mol. The Balaban J connectivity index is 1.03. The van der Waals surface area contributed by atoms with E-state index in [4.69, 9.17) is 0 Å². The van der Waals surface area contributed by atoms with Crippen molar-refractivity contribution in [3.63, 3.8) is 0 Å². The van der Waals surface area contributed by atoms with E-state index in [-0.39, 0.29) is 0 Å². The molecule has 2 bridgehead atoms. The Bertz CT molecular complexity index is 3630. The van der Waals surface area contributed by atoms with Crippen LogP contribution in [-0.2, 0) is 18.3 Å². The van der Waals surface area contributed by atoms with Crippen LogP contribution in [0.5, 0.6) is 0 Å². The van der Waals surface area contributed by atoms with Crippen LogP contribution >= 0.6 is 0 Å². The molecule has 3 fully saturated rings. The number of nitrogens with zero attached hydrogens (tertiary/aromatic N) is 1. The summed E-state index contributed by atoms with van der Waals surface area (Å²) in [6.45, 7) is 6.96. The maximum Gasteiger partial charge on any atom is 0.0739 e. The van der Waals surface area contributed by atoms with Gasteiger partial charge in [-0.3, -0.25) is 0 Å². The maximum atomic E-state index is 2.72. The van der Waals surface area contributed by atoms with Gasteiger partial charge in [0.2, 0.25) is 0 Å². The second-order valence-corrected chi connectivity index (χ2v) is 22.5. The molecule has 71 heavy (non-hydrogen) atoms. The molecule has 0 heterocycles. The van der Waals surface area contributed by atoms with Gasteiger partial charge in [-0.15, -0.1) is 0 Å². The molecule has 2 spiro atoms. The minimum Gasteiger partial charge on any atom is -0.310 e. The Hall–Kier alpha value is -7.22. The first-order valence-corrected chi connectivity index (χ1v) is 26.7. The van der Waals surface area contributed by atoms with Crippen LogP contribution in [0.1, 0.15) is 113 Å². The number of rotatable bonds is 6. The number of hydrogen-bond acceptors (Lipinski definition) is 1. The summed E-state index contributed by atoms with van der Waals surface area (Å²) >= 11 is 0. The summed E-state index contributed by atoms with van der Waals surface area (Å²) in [6.07, 6.45) is 7.44. The number of fused-ring (bicyclic) bond motifs is 15. The van der Waals surface area contributed by atoms with Crippen LogP contribution in [0, 0.1) is 24.2 Å². The molecule has 0 aliphatic heterocycles. The van der Waals surface area contributed by atoms with E-state index in [0.29, 0.717) is 23.2 Å². The summed E-state index contributed by atoms with van der Waals surface area (Å²) in [5, 5.41) is 0. The van der Waals surface area contributed by atoms with Crippen LogP contribution in [0.4, 0.5) is 17.1 Å². The molecule has 344 valence electrons. The van der Waals surface area contributed by atoms with Crippen molar-refractivity contribution in [1.82, 2.24) is 0 Å². The van der Waals surface area contributed by atoms with E-state index < -0.39 is 5.41 Å². The molecule has 6 aliphatic rings. The first kappa shape index (κ1) is 41.6. The van der Waals surface area contributed by atoms with Gasteiger partial charge in [-0.2, -0.15) is 0 Å². The molecule has 1 nitrogen and oxygen atoms in total. The fraction of sp³-hybridized carbons (Fsp3) is 0.229. The van der Waals surface area contributed by atoms with Crippen molar-refractivity contribution in [2.75, 3.05) is 4.90 Å². The molecule has 0 amide bonds. The summed E-state index contributed by atoms with van der Waals surface area (Å²) in [4.78, 5) is 2.72. The van der Waals surface area contributed by atoms with Crippen molar-refractivity contribution in [1.29, 1.82) is 0 Å². The lowest BCUT2D eigenvalue weighted by Crippen LogP contribution is -2.58. The first-order valence-electron chi connectivity index (χ1n) is 26.7. The highest BCUT2D eigenvalue weighted by Gasteiger charge is 2.70. The highest BCUT2D eigenvalue weighted by Crippen LogP contribution is 2.80. The van der Waals surface area contributed by atoms with Gasteiger partial charge in [-0.05, 0) is 188 Å². The van der Waals surface area contributed by atoms with Crippen molar-refractivity contribution >= 4 is 17.1 Å². The molecule has 6 unspecified atom stereocenters. The third kappa shape index (κ3) is 5.70. The van der Waals surface area contributed by atoms with E-state index in [1.54, 1.807) is 11.1 Å². The zero-order valence-electron chi connectivity index (χ0n) is 41.1. The van der Waals surface area contributed by atoms with E-state index in [1.165, 1.54) is 132 Å². The summed E-state index contributed by atoms with van der Waals surface area (Å²) in [5.41, 5.74) is 28.6. The summed E-state index contributed by atoms with van der Waals surface area (Å²) < 4.78 is 0. The molecule has 0 aromatic heterocycles.